The fraction of sp³-hybridized carbons (Fsp3) is 0.364. The first-order chi connectivity index (χ1) is 14.0. The third-order valence-electron chi connectivity index (χ3n) is 5.25. The minimum atomic E-state index is -0.514. The van der Waals surface area contributed by atoms with E-state index in [0.29, 0.717) is 18.9 Å². The van der Waals surface area contributed by atoms with Gasteiger partial charge in [-0.2, -0.15) is 0 Å². The van der Waals surface area contributed by atoms with Crippen molar-refractivity contribution in [3.05, 3.63) is 53.3 Å². The van der Waals surface area contributed by atoms with Gasteiger partial charge in [0.15, 0.2) is 6.29 Å². The van der Waals surface area contributed by atoms with Gasteiger partial charge in [0.2, 0.25) is 5.91 Å². The van der Waals surface area contributed by atoms with Gasteiger partial charge in [0.25, 0.3) is 0 Å². The van der Waals surface area contributed by atoms with Crippen molar-refractivity contribution in [3.8, 4) is 0 Å². The first kappa shape index (κ1) is 19.5. The van der Waals surface area contributed by atoms with E-state index in [1.165, 1.54) is 12.1 Å². The predicted octanol–water partition coefficient (Wildman–Crippen LogP) is 3.77. The van der Waals surface area contributed by atoms with E-state index in [-0.39, 0.29) is 18.0 Å². The standard InChI is InChI=1S/C22H24FN3O3/c1-14-11-16(4-6-20(14)26(2)8-7-21-28-9-10-29-21)24-13-18-17-5-3-15(23)12-19(17)25-22(18)27/h3-6,11-13,18,21H,7-10H2,1-2H3,(H,25,27). The van der Waals surface area contributed by atoms with E-state index >= 15 is 0 Å². The summed E-state index contributed by atoms with van der Waals surface area (Å²) in [7, 11) is 2.04. The summed E-state index contributed by atoms with van der Waals surface area (Å²) >= 11 is 0. The number of aliphatic imine (C=N–C) groups is 1. The molecule has 7 heteroatoms. The van der Waals surface area contributed by atoms with E-state index in [0.717, 1.165) is 35.5 Å². The molecule has 2 aliphatic rings. The Bertz CT molecular complexity index is 941. The van der Waals surface area contributed by atoms with Gasteiger partial charge in [0.05, 0.1) is 18.9 Å². The van der Waals surface area contributed by atoms with Gasteiger partial charge in [-0.1, -0.05) is 6.07 Å². The number of fused-ring (bicyclic) bond motifs is 1. The van der Waals surface area contributed by atoms with Crippen LogP contribution < -0.4 is 10.2 Å². The maximum absolute atomic E-state index is 13.4. The molecule has 2 heterocycles. The molecule has 0 bridgehead atoms. The number of hydrogen-bond donors (Lipinski definition) is 1. The van der Waals surface area contributed by atoms with Crippen molar-refractivity contribution in [2.75, 3.05) is 37.0 Å². The minimum Gasteiger partial charge on any atom is -0.374 e. The molecule has 2 aromatic rings. The molecule has 2 aliphatic heterocycles. The average molecular weight is 397 g/mol. The second-order valence-electron chi connectivity index (χ2n) is 7.33. The highest BCUT2D eigenvalue weighted by atomic mass is 19.1. The van der Waals surface area contributed by atoms with Gasteiger partial charge < -0.3 is 19.7 Å². The molecule has 1 N–H and O–H groups in total. The van der Waals surface area contributed by atoms with Crippen LogP contribution in [0.5, 0.6) is 0 Å². The molecule has 4 rings (SSSR count). The van der Waals surface area contributed by atoms with Gasteiger partial charge >= 0.3 is 0 Å². The van der Waals surface area contributed by atoms with Gasteiger partial charge in [-0.3, -0.25) is 9.79 Å². The second-order valence-corrected chi connectivity index (χ2v) is 7.33. The quantitative estimate of drug-likeness (QED) is 0.754. The van der Waals surface area contributed by atoms with Gasteiger partial charge in [-0.15, -0.1) is 0 Å². The highest BCUT2D eigenvalue weighted by molar-refractivity contribution is 6.12. The molecule has 29 heavy (non-hydrogen) atoms. The zero-order valence-corrected chi connectivity index (χ0v) is 16.5. The Morgan fingerprint density at radius 2 is 2.03 bits per heavy atom. The van der Waals surface area contributed by atoms with Crippen molar-refractivity contribution in [1.82, 2.24) is 0 Å². The normalized spacial score (nSPS) is 19.0. The van der Waals surface area contributed by atoms with Gasteiger partial charge in [0.1, 0.15) is 11.7 Å². The van der Waals surface area contributed by atoms with Crippen LogP contribution in [0, 0.1) is 12.7 Å². The number of ether oxygens (including phenoxy) is 2. The largest absolute Gasteiger partial charge is 0.374 e. The molecule has 1 unspecified atom stereocenters. The average Bonchev–Trinajstić information content (AvgIpc) is 3.31. The molecule has 0 spiro atoms. The van der Waals surface area contributed by atoms with E-state index in [2.05, 4.69) is 15.2 Å². The number of halogens is 1. The predicted molar refractivity (Wildman–Crippen MR) is 111 cm³/mol. The molecule has 0 radical (unpaired) electrons. The Labute approximate surface area is 169 Å². The summed E-state index contributed by atoms with van der Waals surface area (Å²) in [4.78, 5) is 18.9. The first-order valence-corrected chi connectivity index (χ1v) is 9.71. The molecule has 1 atom stereocenters. The lowest BCUT2D eigenvalue weighted by atomic mass is 10.0. The smallest absolute Gasteiger partial charge is 0.237 e. The maximum Gasteiger partial charge on any atom is 0.237 e. The van der Waals surface area contributed by atoms with E-state index in [1.54, 1.807) is 12.3 Å². The van der Waals surface area contributed by atoms with Crippen molar-refractivity contribution in [2.24, 2.45) is 4.99 Å². The molecule has 2 aromatic carbocycles. The fourth-order valence-corrected chi connectivity index (χ4v) is 3.71. The van der Waals surface area contributed by atoms with E-state index < -0.39 is 5.92 Å². The lowest BCUT2D eigenvalue weighted by molar-refractivity contribution is -0.115. The fourth-order valence-electron chi connectivity index (χ4n) is 3.71. The lowest BCUT2D eigenvalue weighted by Crippen LogP contribution is -2.24. The van der Waals surface area contributed by atoms with Crippen LogP contribution in [0.3, 0.4) is 0 Å². The Kier molecular flexibility index (Phi) is 5.60. The molecule has 1 amide bonds. The SMILES string of the molecule is Cc1cc(N=CC2C(=O)Nc3cc(F)ccc32)ccc1N(C)CCC1OCCO1. The summed E-state index contributed by atoms with van der Waals surface area (Å²) < 4.78 is 24.3. The number of nitrogens with one attached hydrogen (secondary N) is 1. The van der Waals surface area contributed by atoms with Crippen LogP contribution in [0.25, 0.3) is 0 Å². The van der Waals surface area contributed by atoms with Crippen molar-refractivity contribution in [1.29, 1.82) is 0 Å². The Morgan fingerprint density at radius 3 is 2.79 bits per heavy atom. The molecule has 1 saturated heterocycles. The van der Waals surface area contributed by atoms with Gasteiger partial charge in [0, 0.05) is 37.6 Å². The van der Waals surface area contributed by atoms with Crippen LogP contribution in [-0.4, -0.2) is 45.2 Å². The van der Waals surface area contributed by atoms with Crippen molar-refractivity contribution < 1.29 is 18.7 Å². The summed E-state index contributed by atoms with van der Waals surface area (Å²) in [6, 6.07) is 10.3. The summed E-state index contributed by atoms with van der Waals surface area (Å²) in [6.07, 6.45) is 2.31. The molecule has 152 valence electrons. The van der Waals surface area contributed by atoms with Crippen LogP contribution in [0.1, 0.15) is 23.5 Å². The number of aryl methyl sites for hydroxylation is 1. The second kappa shape index (κ2) is 8.31. The van der Waals surface area contributed by atoms with E-state index in [9.17, 15) is 9.18 Å². The number of benzene rings is 2. The summed E-state index contributed by atoms with van der Waals surface area (Å²) in [5.74, 6) is -1.08. The van der Waals surface area contributed by atoms with Crippen molar-refractivity contribution in [2.45, 2.75) is 25.6 Å². The molecular weight excluding hydrogens is 373 g/mol. The van der Waals surface area contributed by atoms with Crippen molar-refractivity contribution in [3.63, 3.8) is 0 Å². The highest BCUT2D eigenvalue weighted by Gasteiger charge is 2.29. The molecule has 0 saturated carbocycles. The Morgan fingerprint density at radius 1 is 1.24 bits per heavy atom. The van der Waals surface area contributed by atoms with Crippen LogP contribution >= 0.6 is 0 Å². The monoisotopic (exact) mass is 397 g/mol. The molecule has 1 fully saturated rings. The Hall–Kier alpha value is -2.77. The lowest BCUT2D eigenvalue weighted by Gasteiger charge is -2.23. The summed E-state index contributed by atoms with van der Waals surface area (Å²) in [5.41, 5.74) is 4.22. The Balaban J connectivity index is 1.43. The third-order valence-corrected chi connectivity index (χ3v) is 5.25. The van der Waals surface area contributed by atoms with Gasteiger partial charge in [-0.05, 0) is 48.4 Å². The topological polar surface area (TPSA) is 63.2 Å². The number of hydrogen-bond acceptors (Lipinski definition) is 5. The summed E-state index contributed by atoms with van der Waals surface area (Å²) in [5, 5.41) is 2.70. The first-order valence-electron chi connectivity index (χ1n) is 9.71. The molecule has 6 nitrogen and oxygen atoms in total. The highest BCUT2D eigenvalue weighted by Crippen LogP contribution is 2.32. The molecular formula is C22H24FN3O3. The number of rotatable bonds is 6. The number of amides is 1. The number of nitrogens with zero attached hydrogens (tertiary/aromatic N) is 2. The zero-order chi connectivity index (χ0) is 20.4. The van der Waals surface area contributed by atoms with Crippen molar-refractivity contribution >= 4 is 29.2 Å². The van der Waals surface area contributed by atoms with Gasteiger partial charge in [-0.25, -0.2) is 4.39 Å². The molecule has 0 aromatic heterocycles. The van der Waals surface area contributed by atoms with Crippen LogP contribution in [0.2, 0.25) is 0 Å². The van der Waals surface area contributed by atoms with Crippen LogP contribution in [0.15, 0.2) is 41.4 Å². The van der Waals surface area contributed by atoms with E-state index in [1.807, 2.05) is 32.2 Å². The summed E-state index contributed by atoms with van der Waals surface area (Å²) in [6.45, 7) is 4.19. The van der Waals surface area contributed by atoms with Crippen LogP contribution in [0.4, 0.5) is 21.5 Å². The number of carbonyl (C=O) groups excluding carboxylic acids is 1. The number of anilines is 2. The molecule has 0 aliphatic carbocycles. The minimum absolute atomic E-state index is 0.115. The third kappa shape index (κ3) is 4.31. The van der Waals surface area contributed by atoms with Crippen LogP contribution in [-0.2, 0) is 14.3 Å². The maximum atomic E-state index is 13.4. The zero-order valence-electron chi connectivity index (χ0n) is 16.5. The van der Waals surface area contributed by atoms with E-state index in [4.69, 9.17) is 9.47 Å². The number of carbonyl (C=O) groups is 1.